The fourth-order valence-electron chi connectivity index (χ4n) is 13.6. The first-order valence-electron chi connectivity index (χ1n) is 45.2. The molecule has 0 fully saturated rings. The number of aliphatic carboxylic acids is 2. The molecule has 0 heterocycles. The monoisotopic (exact) mass is 1870 g/mol. The lowest BCUT2D eigenvalue weighted by molar-refractivity contribution is -0.142. The van der Waals surface area contributed by atoms with E-state index in [1.807, 2.05) is 0 Å². The minimum atomic E-state index is -1.81. The van der Waals surface area contributed by atoms with E-state index in [9.17, 15) is 102 Å². The summed E-state index contributed by atoms with van der Waals surface area (Å²) in [6.45, 7) is 16.3. The molecule has 0 bridgehead atoms. The van der Waals surface area contributed by atoms with Crippen LogP contribution in [0.4, 0.5) is 0 Å². The van der Waals surface area contributed by atoms with E-state index in [1.54, 1.807) is 69.2 Å². The van der Waals surface area contributed by atoms with Crippen molar-refractivity contribution < 1.29 is 102 Å². The second-order valence-electron chi connectivity index (χ2n) is 34.4. The Kier molecular flexibility index (Phi) is 57.5. The molecule has 15 amide bonds. The van der Waals surface area contributed by atoms with Gasteiger partial charge in [0.2, 0.25) is 88.6 Å². The molecule has 0 aliphatic heterocycles. The molecule has 1 aromatic rings. The summed E-state index contributed by atoms with van der Waals surface area (Å²) < 4.78 is 0. The van der Waals surface area contributed by atoms with E-state index >= 15 is 0 Å². The van der Waals surface area contributed by atoms with Gasteiger partial charge in [-0.1, -0.05) is 87.8 Å². The number of benzene rings is 1. The Balaban J connectivity index is 3.87. The minimum absolute atomic E-state index is 0.0104. The van der Waals surface area contributed by atoms with Crippen molar-refractivity contribution in [1.29, 1.82) is 0 Å². The number of carbonyl (C=O) groups excluding carboxylic acids is 15. The SMILES string of the molecule is CC[C@H](C)[C@H](NC(=O)[C@H](CC(C)C)NC(=O)[C@H](Cc1ccc(O)cc1)NC(=O)[C@@H](N)CO)C(=O)N[C@@H](CCC(=O)O)C(=O)N[C@@H](CCCCN)C(=O)N[C@H](C(=O)N[C@@H](CCCCN)C(=O)N[C@@H](CCCN=C(N)N)C(=O)N[C@@H](CCCCN)C(=O)N[C@@H](CCCCN)C(=O)N[C@@H](CC(N)=O)C(=O)N[C@H](C(=O)N[C@@H](CC(C)C)C(=O)N[C@@H](CCCN=C(N)N)C(=O)O)C(C)C)C(C)C. The number of carboxylic acid groups (broad SMARTS) is 2. The summed E-state index contributed by atoms with van der Waals surface area (Å²) in [5.41, 5.74) is 57.5. The Hall–Kier alpha value is -11.7. The molecule has 16 atom stereocenters. The van der Waals surface area contributed by atoms with Crippen LogP contribution in [-0.4, -0.2) is 269 Å². The lowest BCUT2D eigenvalue weighted by Gasteiger charge is -2.30. The van der Waals surface area contributed by atoms with Gasteiger partial charge in [-0.2, -0.15) is 0 Å². The molecule has 0 aromatic heterocycles. The molecule has 0 radical (unpaired) electrons. The molecule has 47 nitrogen and oxygen atoms in total. The topological polar surface area (TPSA) is 824 Å². The summed E-state index contributed by atoms with van der Waals surface area (Å²) in [7, 11) is 0. The Labute approximate surface area is 771 Å². The van der Waals surface area contributed by atoms with Crippen LogP contribution in [0.2, 0.25) is 0 Å². The van der Waals surface area contributed by atoms with Gasteiger partial charge in [-0.25, -0.2) is 4.79 Å². The third-order valence-corrected chi connectivity index (χ3v) is 21.3. The van der Waals surface area contributed by atoms with Gasteiger partial charge in [0.1, 0.15) is 96.4 Å². The molecule has 0 saturated carbocycles. The first-order valence-corrected chi connectivity index (χ1v) is 45.2. The largest absolute Gasteiger partial charge is 0.508 e. The molecule has 0 aliphatic rings. The summed E-state index contributed by atoms with van der Waals surface area (Å²) in [5, 5.41) is 75.8. The Bertz CT molecular complexity index is 3910. The smallest absolute Gasteiger partial charge is 0.326 e. The third kappa shape index (κ3) is 47.4. The number of aromatic hydroxyl groups is 1. The first kappa shape index (κ1) is 118. The number of aliphatic imine (C=N–C) groups is 2. The zero-order valence-electron chi connectivity index (χ0n) is 78.0. The number of nitrogens with two attached hydrogens (primary N) is 10. The first-order chi connectivity index (χ1) is 62.2. The van der Waals surface area contributed by atoms with Gasteiger partial charge in [0, 0.05) is 25.9 Å². The molecule has 1 aromatic carbocycles. The number of unbranched alkanes of at least 4 members (excludes halogenated alkanes) is 4. The lowest BCUT2D eigenvalue weighted by atomic mass is 9.95. The number of rotatable bonds is 69. The zero-order chi connectivity index (χ0) is 100. The van der Waals surface area contributed by atoms with E-state index in [-0.39, 0.29) is 172 Å². The maximum Gasteiger partial charge on any atom is 0.326 e. The number of carbonyl (C=O) groups is 17. The van der Waals surface area contributed by atoms with E-state index in [4.69, 9.17) is 57.3 Å². The van der Waals surface area contributed by atoms with E-state index in [1.165, 1.54) is 24.3 Å². The van der Waals surface area contributed by atoms with E-state index in [0.29, 0.717) is 31.2 Å². The second-order valence-corrected chi connectivity index (χ2v) is 34.4. The summed E-state index contributed by atoms with van der Waals surface area (Å²) in [6, 6.07) is -16.7. The van der Waals surface area contributed by atoms with Crippen molar-refractivity contribution in [2.45, 2.75) is 308 Å². The van der Waals surface area contributed by atoms with E-state index in [0.717, 1.165) is 0 Å². The Morgan fingerprint density at radius 2 is 0.636 bits per heavy atom. The number of primary amides is 1. The maximum atomic E-state index is 14.9. The average Bonchev–Trinajstić information content (AvgIpc) is 0.841. The predicted molar refractivity (Wildman–Crippen MR) is 492 cm³/mol. The van der Waals surface area contributed by atoms with Crippen LogP contribution in [0.25, 0.3) is 0 Å². The van der Waals surface area contributed by atoms with E-state index in [2.05, 4.69) is 84.4 Å². The molecule has 0 spiro atoms. The number of aliphatic hydroxyl groups is 1. The van der Waals surface area contributed by atoms with Gasteiger partial charge in [-0.15, -0.1) is 0 Å². The summed E-state index contributed by atoms with van der Waals surface area (Å²) in [5.74, 6) is -20.5. The summed E-state index contributed by atoms with van der Waals surface area (Å²) in [6.07, 6.45) is -0.606. The molecule has 1 rings (SSSR count). The van der Waals surface area contributed by atoms with Crippen molar-refractivity contribution in [2.24, 2.45) is 96.9 Å². The van der Waals surface area contributed by atoms with Gasteiger partial charge in [-0.05, 0) is 195 Å². The average molecular weight is 1870 g/mol. The zero-order valence-corrected chi connectivity index (χ0v) is 78.0. The summed E-state index contributed by atoms with van der Waals surface area (Å²) in [4.78, 5) is 247. The van der Waals surface area contributed by atoms with E-state index < -0.39 is 235 Å². The van der Waals surface area contributed by atoms with Gasteiger partial charge in [0.15, 0.2) is 11.9 Å². The van der Waals surface area contributed by atoms with Crippen LogP contribution in [0.5, 0.6) is 5.75 Å². The molecule has 132 heavy (non-hydrogen) atoms. The standard InChI is InChI=1S/C85H152N26O21/c1-11-49(10)68(111-78(126)61(41-46(4)5)106-77(125)62(105-69(117)52(90)44-112)42-50-28-30-51(113)31-29-50)82(130)103-58(32-33-65(115)116)74(122)100-56(25-15-19-37-89)75(123)109-66(47(6)7)80(128)102-55(24-14-18-36-88)71(119)101-57(26-20-38-96-84(92)93)72(120)98-53(22-12-16-34-86)70(118)99-54(23-13-17-35-87)73(121)107-63(43-64(91)114)79(127)110-67(48(8)9)81(129)108-60(40-45(2)3)76(124)104-59(83(131)132)27-21-39-97-85(94)95/h28-31,45-49,52-63,66-68,112-113H,11-27,32-44,86-90H2,1-10H3,(H2,91,114)(H,98,120)(H,99,118)(H,100,122)(H,101,119)(H,102,128)(H,103,130)(H,104,124)(H,105,117)(H,106,125)(H,107,121)(H,108,129)(H,109,123)(H,110,127)(H,111,126)(H,115,116)(H,131,132)(H4,92,93,96)(H4,94,95,97)/t49-,52-,53-,54-,55-,56-,57-,58-,59-,60-,61-,62-,63-,66-,67-,68-/m0/s1. The highest BCUT2D eigenvalue weighted by atomic mass is 16.4. The second kappa shape index (κ2) is 64.2. The normalized spacial score (nSPS) is 14.9. The number of aliphatic hydroxyl groups excluding tert-OH is 1. The van der Waals surface area contributed by atoms with Crippen molar-refractivity contribution in [2.75, 3.05) is 45.9 Å². The van der Waals surface area contributed by atoms with Crippen molar-refractivity contribution in [3.8, 4) is 5.75 Å². The Morgan fingerprint density at radius 1 is 0.348 bits per heavy atom. The van der Waals surface area contributed by atoms with Crippen molar-refractivity contribution in [3.63, 3.8) is 0 Å². The van der Waals surface area contributed by atoms with Gasteiger partial charge in [0.05, 0.1) is 13.0 Å². The van der Waals surface area contributed by atoms with Gasteiger partial charge < -0.3 is 152 Å². The number of phenolic OH excluding ortho intramolecular Hbond substituents is 1. The number of hydrogen-bond acceptors (Lipinski definition) is 26. The number of guanidine groups is 2. The molecule has 0 unspecified atom stereocenters. The van der Waals surface area contributed by atoms with Crippen LogP contribution in [0.1, 0.15) is 216 Å². The highest BCUT2D eigenvalue weighted by Gasteiger charge is 2.41. The Morgan fingerprint density at radius 3 is 0.977 bits per heavy atom. The molecule has 748 valence electrons. The van der Waals surface area contributed by atoms with Crippen molar-refractivity contribution >= 4 is 112 Å². The van der Waals surface area contributed by atoms with Gasteiger partial charge >= 0.3 is 11.9 Å². The number of nitrogens with one attached hydrogen (secondary N) is 14. The van der Waals surface area contributed by atoms with Crippen LogP contribution in [0.15, 0.2) is 34.3 Å². The van der Waals surface area contributed by atoms with Crippen LogP contribution >= 0.6 is 0 Å². The molecule has 38 N–H and O–H groups in total. The number of phenols is 1. The van der Waals surface area contributed by atoms with Crippen LogP contribution < -0.4 is 132 Å². The molecule has 47 heteroatoms. The number of carboxylic acids is 2. The summed E-state index contributed by atoms with van der Waals surface area (Å²) >= 11 is 0. The fourth-order valence-corrected chi connectivity index (χ4v) is 13.6. The number of hydrogen-bond donors (Lipinski definition) is 28. The van der Waals surface area contributed by atoms with Gasteiger partial charge in [-0.3, -0.25) is 86.7 Å². The molecule has 0 aliphatic carbocycles. The third-order valence-electron chi connectivity index (χ3n) is 21.3. The molecular weight excluding hydrogens is 1720 g/mol. The highest BCUT2D eigenvalue weighted by molar-refractivity contribution is 6.01. The van der Waals surface area contributed by atoms with Crippen molar-refractivity contribution in [3.05, 3.63) is 29.8 Å². The highest BCUT2D eigenvalue weighted by Crippen LogP contribution is 2.19. The quantitative estimate of drug-likeness (QED) is 0.0164. The molecule has 0 saturated heterocycles. The van der Waals surface area contributed by atoms with Crippen molar-refractivity contribution in [1.82, 2.24) is 74.4 Å². The van der Waals surface area contributed by atoms with Crippen LogP contribution in [0, 0.1) is 29.6 Å². The van der Waals surface area contributed by atoms with Crippen LogP contribution in [-0.2, 0) is 87.9 Å². The number of amides is 15. The lowest BCUT2D eigenvalue weighted by Crippen LogP contribution is -2.62. The predicted octanol–water partition coefficient (Wildman–Crippen LogP) is -6.06. The fraction of sp³-hybridized carbons (Fsp3) is 0.706. The maximum absolute atomic E-state index is 14.9. The molecular formula is C85H152N26O21. The number of nitrogens with zero attached hydrogens (tertiary/aromatic N) is 2. The van der Waals surface area contributed by atoms with Gasteiger partial charge in [0.25, 0.3) is 0 Å². The van der Waals surface area contributed by atoms with Crippen LogP contribution in [0.3, 0.4) is 0 Å². The minimum Gasteiger partial charge on any atom is -0.508 e.